The molecule has 1 aromatic heterocycles. The molecule has 0 bridgehead atoms. The fourth-order valence-electron chi connectivity index (χ4n) is 4.04. The van der Waals surface area contributed by atoms with Gasteiger partial charge in [0.15, 0.2) is 0 Å². The average Bonchev–Trinajstić information content (AvgIpc) is 2.70. The fourth-order valence-corrected chi connectivity index (χ4v) is 4.04. The van der Waals surface area contributed by atoms with Crippen LogP contribution in [0.3, 0.4) is 0 Å². The molecule has 0 radical (unpaired) electrons. The molecule has 0 aliphatic heterocycles. The van der Waals surface area contributed by atoms with Crippen molar-refractivity contribution in [2.45, 2.75) is 125 Å². The summed E-state index contributed by atoms with van der Waals surface area (Å²) >= 11 is 0. The molecule has 1 rings (SSSR count). The van der Waals surface area contributed by atoms with Gasteiger partial charge in [0.05, 0.1) is 0 Å². The molecule has 164 valence electrons. The highest BCUT2D eigenvalue weighted by molar-refractivity contribution is 5.66. The van der Waals surface area contributed by atoms with Crippen molar-refractivity contribution in [1.82, 2.24) is 4.98 Å². The van der Waals surface area contributed by atoms with Gasteiger partial charge in [-0.15, -0.1) is 0 Å². The first-order valence-corrected chi connectivity index (χ1v) is 12.4. The first-order chi connectivity index (χ1) is 14.1. The second-order valence-corrected chi connectivity index (χ2v) is 8.65. The zero-order valence-electron chi connectivity index (χ0n) is 20.2. The summed E-state index contributed by atoms with van der Waals surface area (Å²) in [6.07, 6.45) is 28.0. The van der Waals surface area contributed by atoms with Gasteiger partial charge in [0, 0.05) is 11.4 Å². The Balaban J connectivity index is 2.54. The Morgan fingerprint density at radius 1 is 0.552 bits per heavy atom. The van der Waals surface area contributed by atoms with E-state index >= 15 is 0 Å². The van der Waals surface area contributed by atoms with Crippen molar-refractivity contribution in [2.75, 3.05) is 0 Å². The lowest BCUT2D eigenvalue weighted by Gasteiger charge is -2.12. The lowest BCUT2D eigenvalue weighted by atomic mass is 9.98. The predicted molar refractivity (Wildman–Crippen MR) is 133 cm³/mol. The molecule has 0 saturated heterocycles. The number of rotatable bonds is 16. The molecule has 1 nitrogen and oxygen atoms in total. The Labute approximate surface area is 182 Å². The van der Waals surface area contributed by atoms with Crippen molar-refractivity contribution in [1.29, 1.82) is 0 Å². The van der Waals surface area contributed by atoms with E-state index in [0.717, 1.165) is 11.4 Å². The summed E-state index contributed by atoms with van der Waals surface area (Å²) in [4.78, 5) is 4.83. The summed E-state index contributed by atoms with van der Waals surface area (Å²) in [5, 5.41) is 0. The topological polar surface area (TPSA) is 12.9 Å². The summed E-state index contributed by atoms with van der Waals surface area (Å²) in [6.45, 7) is 11.1. The number of pyridine rings is 1. The third-order valence-corrected chi connectivity index (χ3v) is 5.94. The Bertz CT molecular complexity index is 559. The van der Waals surface area contributed by atoms with Crippen LogP contribution in [0.2, 0.25) is 0 Å². The van der Waals surface area contributed by atoms with Crippen molar-refractivity contribution < 1.29 is 0 Å². The van der Waals surface area contributed by atoms with E-state index in [0.29, 0.717) is 0 Å². The number of hydrogen-bond donors (Lipinski definition) is 0. The van der Waals surface area contributed by atoms with E-state index in [-0.39, 0.29) is 0 Å². The number of aryl methyl sites for hydroxylation is 2. The van der Waals surface area contributed by atoms with Crippen LogP contribution < -0.4 is 0 Å². The fraction of sp³-hybridized carbons (Fsp3) is 0.679. The van der Waals surface area contributed by atoms with Crippen LogP contribution in [0, 0.1) is 20.8 Å². The van der Waals surface area contributed by atoms with Crippen LogP contribution in [0.5, 0.6) is 0 Å². The van der Waals surface area contributed by atoms with Crippen LogP contribution in [0.4, 0.5) is 0 Å². The molecule has 0 spiro atoms. The number of hydrogen-bond acceptors (Lipinski definition) is 1. The van der Waals surface area contributed by atoms with Crippen LogP contribution in [0.15, 0.2) is 12.2 Å². The third kappa shape index (κ3) is 10.8. The van der Waals surface area contributed by atoms with E-state index in [4.69, 9.17) is 4.98 Å². The zero-order valence-corrected chi connectivity index (χ0v) is 20.2. The van der Waals surface area contributed by atoms with E-state index in [9.17, 15) is 0 Å². The quantitative estimate of drug-likeness (QED) is 0.253. The molecule has 29 heavy (non-hydrogen) atoms. The van der Waals surface area contributed by atoms with Gasteiger partial charge in [-0.1, -0.05) is 102 Å². The van der Waals surface area contributed by atoms with Crippen LogP contribution in [-0.4, -0.2) is 4.98 Å². The van der Waals surface area contributed by atoms with Gasteiger partial charge in [0.1, 0.15) is 0 Å². The first kappa shape index (κ1) is 25.7. The van der Waals surface area contributed by atoms with E-state index in [1.54, 1.807) is 0 Å². The molecule has 0 saturated carbocycles. The van der Waals surface area contributed by atoms with E-state index < -0.39 is 0 Å². The minimum atomic E-state index is 1.16. The summed E-state index contributed by atoms with van der Waals surface area (Å²) in [7, 11) is 0. The van der Waals surface area contributed by atoms with Gasteiger partial charge in [0.2, 0.25) is 0 Å². The molecule has 0 aliphatic rings. The number of nitrogens with zero attached hydrogens (tertiary/aromatic N) is 1. The molecule has 1 heteroatoms. The maximum absolute atomic E-state index is 4.83. The highest BCUT2D eigenvalue weighted by Crippen LogP contribution is 2.23. The second kappa shape index (κ2) is 16.4. The van der Waals surface area contributed by atoms with Crippen molar-refractivity contribution in [3.8, 4) is 0 Å². The van der Waals surface area contributed by atoms with Gasteiger partial charge in [-0.05, 0) is 63.1 Å². The van der Waals surface area contributed by atoms with Crippen LogP contribution in [-0.2, 0) is 0 Å². The molecule has 0 aromatic carbocycles. The molecule has 0 amide bonds. The maximum Gasteiger partial charge on any atom is 0.0451 e. The van der Waals surface area contributed by atoms with E-state index in [1.807, 2.05) is 0 Å². The van der Waals surface area contributed by atoms with Crippen LogP contribution in [0.25, 0.3) is 12.2 Å². The lowest BCUT2D eigenvalue weighted by molar-refractivity contribution is 0.611. The maximum atomic E-state index is 4.83. The number of allylic oxidation sites excluding steroid dienone is 2. The Hall–Kier alpha value is -1.37. The standard InChI is InChI=1S/C28H47N/c1-6-8-10-12-14-16-18-20-22-27-24(3)28(26(5)29-25(27)4)23-21-19-17-15-13-11-9-7-2/h20-23H,6-19H2,1-5H3/b22-20-,23-21-. The number of unbranched alkanes of at least 4 members (excludes halogenated alkanes) is 12. The minimum absolute atomic E-state index is 1.16. The highest BCUT2D eigenvalue weighted by atomic mass is 14.7. The first-order valence-electron chi connectivity index (χ1n) is 12.4. The third-order valence-electron chi connectivity index (χ3n) is 5.94. The van der Waals surface area contributed by atoms with Crippen LogP contribution in [0.1, 0.15) is 132 Å². The van der Waals surface area contributed by atoms with E-state index in [2.05, 4.69) is 58.9 Å². The van der Waals surface area contributed by atoms with Gasteiger partial charge in [-0.2, -0.15) is 0 Å². The number of aromatic nitrogens is 1. The van der Waals surface area contributed by atoms with Gasteiger partial charge in [-0.25, -0.2) is 0 Å². The van der Waals surface area contributed by atoms with E-state index in [1.165, 1.54) is 107 Å². The van der Waals surface area contributed by atoms with Crippen molar-refractivity contribution >= 4 is 12.2 Å². The summed E-state index contributed by atoms with van der Waals surface area (Å²) in [5.41, 5.74) is 6.34. The highest BCUT2D eigenvalue weighted by Gasteiger charge is 2.08. The summed E-state index contributed by atoms with van der Waals surface area (Å²) in [6, 6.07) is 0. The largest absolute Gasteiger partial charge is 0.257 e. The van der Waals surface area contributed by atoms with Crippen molar-refractivity contribution in [2.24, 2.45) is 0 Å². The monoisotopic (exact) mass is 397 g/mol. The summed E-state index contributed by atoms with van der Waals surface area (Å²) < 4.78 is 0. The molecule has 1 heterocycles. The Kier molecular flexibility index (Phi) is 14.5. The normalized spacial score (nSPS) is 11.9. The smallest absolute Gasteiger partial charge is 0.0451 e. The molecule has 0 fully saturated rings. The predicted octanol–water partition coefficient (Wildman–Crippen LogP) is 9.53. The molecule has 0 aliphatic carbocycles. The van der Waals surface area contributed by atoms with Gasteiger partial charge < -0.3 is 0 Å². The molecule has 0 unspecified atom stereocenters. The SMILES string of the molecule is CCCCCCCC/C=C\c1c(C)nc(C)c(/C=C\CCCCCCCC)c1C. The summed E-state index contributed by atoms with van der Waals surface area (Å²) in [5.74, 6) is 0. The Morgan fingerprint density at radius 2 is 0.931 bits per heavy atom. The molecule has 0 atom stereocenters. The molecule has 1 aromatic rings. The van der Waals surface area contributed by atoms with Crippen LogP contribution >= 0.6 is 0 Å². The molecule has 0 N–H and O–H groups in total. The zero-order chi connectivity index (χ0) is 21.3. The Morgan fingerprint density at radius 3 is 1.34 bits per heavy atom. The van der Waals surface area contributed by atoms with Crippen molar-refractivity contribution in [3.05, 3.63) is 40.2 Å². The molecular weight excluding hydrogens is 350 g/mol. The lowest BCUT2D eigenvalue weighted by Crippen LogP contribution is -1.99. The minimum Gasteiger partial charge on any atom is -0.257 e. The van der Waals surface area contributed by atoms with Gasteiger partial charge >= 0.3 is 0 Å². The van der Waals surface area contributed by atoms with Gasteiger partial charge in [0.25, 0.3) is 0 Å². The average molecular weight is 398 g/mol. The van der Waals surface area contributed by atoms with Gasteiger partial charge in [-0.3, -0.25) is 4.98 Å². The molecular formula is C28H47N. The van der Waals surface area contributed by atoms with Crippen molar-refractivity contribution in [3.63, 3.8) is 0 Å². The second-order valence-electron chi connectivity index (χ2n) is 8.65.